The molecule has 2 aliphatic carbocycles. The second-order valence-electron chi connectivity index (χ2n) is 6.87. The maximum absolute atomic E-state index is 12.6. The van der Waals surface area contributed by atoms with Crippen molar-refractivity contribution in [2.75, 3.05) is 6.54 Å². The molecule has 2 N–H and O–H groups in total. The second kappa shape index (κ2) is 6.25. The van der Waals surface area contributed by atoms with Gasteiger partial charge in [-0.1, -0.05) is 20.3 Å². The molecule has 0 aromatic rings. The molecule has 2 fully saturated rings. The Balaban J connectivity index is 1.96. The normalized spacial score (nSPS) is 39.8. The van der Waals surface area contributed by atoms with Crippen LogP contribution >= 0.6 is 0 Å². The van der Waals surface area contributed by atoms with Crippen LogP contribution < -0.4 is 5.73 Å². The lowest BCUT2D eigenvalue weighted by Crippen LogP contribution is -2.45. The first-order valence-corrected chi connectivity index (χ1v) is 7.98. The van der Waals surface area contributed by atoms with Gasteiger partial charge in [0.05, 0.1) is 5.41 Å². The van der Waals surface area contributed by atoms with Gasteiger partial charge in [-0.3, -0.25) is 4.79 Å². The lowest BCUT2D eigenvalue weighted by atomic mass is 9.71. The van der Waals surface area contributed by atoms with Crippen LogP contribution in [0.2, 0.25) is 0 Å². The molecule has 0 saturated heterocycles. The molecular weight excluding hydrogens is 238 g/mol. The third-order valence-electron chi connectivity index (χ3n) is 5.35. The molecule has 0 aromatic heterocycles. The summed E-state index contributed by atoms with van der Waals surface area (Å²) < 4.78 is 5.85. The highest BCUT2D eigenvalue weighted by molar-refractivity contribution is 5.77. The lowest BCUT2D eigenvalue weighted by Gasteiger charge is -2.38. The first-order chi connectivity index (χ1) is 9.07. The monoisotopic (exact) mass is 267 g/mol. The summed E-state index contributed by atoms with van der Waals surface area (Å²) in [6.07, 6.45) is 8.83. The molecule has 2 saturated carbocycles. The van der Waals surface area contributed by atoms with Gasteiger partial charge in [0.1, 0.15) is 6.10 Å². The highest BCUT2D eigenvalue weighted by Gasteiger charge is 2.42. The van der Waals surface area contributed by atoms with E-state index in [2.05, 4.69) is 13.8 Å². The van der Waals surface area contributed by atoms with Gasteiger partial charge in [0.2, 0.25) is 0 Å². The first-order valence-electron chi connectivity index (χ1n) is 7.98. The third kappa shape index (κ3) is 3.31. The van der Waals surface area contributed by atoms with E-state index in [1.807, 2.05) is 0 Å². The topological polar surface area (TPSA) is 52.3 Å². The van der Waals surface area contributed by atoms with E-state index in [1.165, 1.54) is 19.3 Å². The fourth-order valence-electron chi connectivity index (χ4n) is 3.53. The molecule has 0 aliphatic heterocycles. The van der Waals surface area contributed by atoms with Crippen molar-refractivity contribution in [2.24, 2.45) is 23.0 Å². The highest BCUT2D eigenvalue weighted by Crippen LogP contribution is 2.40. The minimum Gasteiger partial charge on any atom is -0.462 e. The predicted octanol–water partition coefficient (Wildman–Crippen LogP) is 3.26. The highest BCUT2D eigenvalue weighted by atomic mass is 16.5. The number of rotatable bonds is 3. The van der Waals surface area contributed by atoms with Gasteiger partial charge in [0.15, 0.2) is 0 Å². The number of carbonyl (C=O) groups excluding carboxylic acids is 1. The molecule has 19 heavy (non-hydrogen) atoms. The van der Waals surface area contributed by atoms with E-state index in [4.69, 9.17) is 10.5 Å². The molecule has 0 spiro atoms. The van der Waals surface area contributed by atoms with E-state index in [9.17, 15) is 4.79 Å². The smallest absolute Gasteiger partial charge is 0.313 e. The lowest BCUT2D eigenvalue weighted by molar-refractivity contribution is -0.167. The number of carbonyl (C=O) groups is 1. The molecule has 0 heterocycles. The third-order valence-corrected chi connectivity index (χ3v) is 5.35. The Morgan fingerprint density at radius 3 is 2.37 bits per heavy atom. The van der Waals surface area contributed by atoms with Crippen molar-refractivity contribution in [3.8, 4) is 0 Å². The standard InChI is InChI=1S/C16H29NO2/c1-12-7-9-16(11-17,10-8-12)15(18)19-14-6-4-3-5-13(14)2/h12-14H,3-11,17H2,1-2H3. The van der Waals surface area contributed by atoms with Gasteiger partial charge >= 0.3 is 5.97 Å². The molecule has 2 rings (SSSR count). The van der Waals surface area contributed by atoms with Crippen LogP contribution in [0.3, 0.4) is 0 Å². The van der Waals surface area contributed by atoms with E-state index in [0.29, 0.717) is 12.5 Å². The molecule has 2 atom stereocenters. The molecule has 3 heteroatoms. The van der Waals surface area contributed by atoms with E-state index >= 15 is 0 Å². The Kier molecular flexibility index (Phi) is 4.88. The summed E-state index contributed by atoms with van der Waals surface area (Å²) in [7, 11) is 0. The maximum Gasteiger partial charge on any atom is 0.313 e. The van der Waals surface area contributed by atoms with Crippen LogP contribution in [0.15, 0.2) is 0 Å². The fourth-order valence-corrected chi connectivity index (χ4v) is 3.53. The molecule has 0 bridgehead atoms. The first kappa shape index (κ1) is 14.8. The Morgan fingerprint density at radius 2 is 1.79 bits per heavy atom. The Labute approximate surface area is 117 Å². The van der Waals surface area contributed by atoms with Gasteiger partial charge in [-0.05, 0) is 56.8 Å². The van der Waals surface area contributed by atoms with E-state index in [0.717, 1.165) is 38.0 Å². The largest absolute Gasteiger partial charge is 0.462 e. The van der Waals surface area contributed by atoms with Gasteiger partial charge < -0.3 is 10.5 Å². The zero-order valence-corrected chi connectivity index (χ0v) is 12.5. The summed E-state index contributed by atoms with van der Waals surface area (Å²) >= 11 is 0. The van der Waals surface area contributed by atoms with Crippen LogP contribution in [0.1, 0.15) is 65.2 Å². The van der Waals surface area contributed by atoms with Crippen molar-refractivity contribution in [1.29, 1.82) is 0 Å². The number of esters is 1. The predicted molar refractivity (Wildman–Crippen MR) is 76.6 cm³/mol. The molecule has 110 valence electrons. The molecule has 0 radical (unpaired) electrons. The summed E-state index contributed by atoms with van der Waals surface area (Å²) in [5, 5.41) is 0. The average Bonchev–Trinajstić information content (AvgIpc) is 2.42. The number of ether oxygens (including phenoxy) is 1. The molecule has 0 amide bonds. The van der Waals surface area contributed by atoms with E-state index in [1.54, 1.807) is 0 Å². The van der Waals surface area contributed by atoms with Crippen molar-refractivity contribution in [3.05, 3.63) is 0 Å². The summed E-state index contributed by atoms with van der Waals surface area (Å²) in [5.41, 5.74) is 5.54. The van der Waals surface area contributed by atoms with Crippen molar-refractivity contribution < 1.29 is 9.53 Å². The molecule has 0 aromatic carbocycles. The molecular formula is C16H29NO2. The fraction of sp³-hybridized carbons (Fsp3) is 0.938. The van der Waals surface area contributed by atoms with Crippen LogP contribution in [0.4, 0.5) is 0 Å². The SMILES string of the molecule is CC1CCC(CN)(C(=O)OC2CCCCC2C)CC1. The van der Waals surface area contributed by atoms with Crippen LogP contribution in [-0.4, -0.2) is 18.6 Å². The average molecular weight is 267 g/mol. The zero-order chi connectivity index (χ0) is 13.9. The van der Waals surface area contributed by atoms with Gasteiger partial charge in [-0.15, -0.1) is 0 Å². The van der Waals surface area contributed by atoms with E-state index < -0.39 is 0 Å². The Bertz CT molecular complexity index is 308. The van der Waals surface area contributed by atoms with Gasteiger partial charge in [-0.25, -0.2) is 0 Å². The number of hydrogen-bond acceptors (Lipinski definition) is 3. The van der Waals surface area contributed by atoms with E-state index in [-0.39, 0.29) is 17.5 Å². The number of nitrogens with two attached hydrogens (primary N) is 1. The summed E-state index contributed by atoms with van der Waals surface area (Å²) in [4.78, 5) is 12.6. The molecule has 2 unspecified atom stereocenters. The van der Waals surface area contributed by atoms with Crippen LogP contribution in [0.5, 0.6) is 0 Å². The number of hydrogen-bond donors (Lipinski definition) is 1. The second-order valence-corrected chi connectivity index (χ2v) is 6.87. The molecule has 2 aliphatic rings. The van der Waals surface area contributed by atoms with Crippen molar-refractivity contribution in [1.82, 2.24) is 0 Å². The summed E-state index contributed by atoms with van der Waals surface area (Å²) in [5.74, 6) is 1.22. The Hall–Kier alpha value is -0.570. The minimum absolute atomic E-state index is 0.0133. The zero-order valence-electron chi connectivity index (χ0n) is 12.5. The van der Waals surface area contributed by atoms with Crippen molar-refractivity contribution in [2.45, 2.75) is 71.3 Å². The molecule has 3 nitrogen and oxygen atoms in total. The van der Waals surface area contributed by atoms with Crippen LogP contribution in [0.25, 0.3) is 0 Å². The maximum atomic E-state index is 12.6. The summed E-state index contributed by atoms with van der Waals surface area (Å²) in [6.45, 7) is 4.91. The van der Waals surface area contributed by atoms with Crippen LogP contribution in [0, 0.1) is 17.3 Å². The Morgan fingerprint density at radius 1 is 1.16 bits per heavy atom. The minimum atomic E-state index is -0.385. The van der Waals surface area contributed by atoms with Gasteiger partial charge in [0, 0.05) is 6.54 Å². The summed E-state index contributed by atoms with van der Waals surface area (Å²) in [6, 6.07) is 0. The van der Waals surface area contributed by atoms with Crippen LogP contribution in [-0.2, 0) is 9.53 Å². The quantitative estimate of drug-likeness (QED) is 0.798. The van der Waals surface area contributed by atoms with Gasteiger partial charge in [0.25, 0.3) is 0 Å². The van der Waals surface area contributed by atoms with Crippen molar-refractivity contribution >= 4 is 5.97 Å². The van der Waals surface area contributed by atoms with Gasteiger partial charge in [-0.2, -0.15) is 0 Å². The van der Waals surface area contributed by atoms with Crippen molar-refractivity contribution in [3.63, 3.8) is 0 Å².